The van der Waals surface area contributed by atoms with Crippen LogP contribution in [0.3, 0.4) is 0 Å². The zero-order valence-electron chi connectivity index (χ0n) is 14.6. The molecule has 0 bridgehead atoms. The van der Waals surface area contributed by atoms with Crippen molar-refractivity contribution in [1.29, 1.82) is 0 Å². The molecule has 0 spiro atoms. The summed E-state index contributed by atoms with van der Waals surface area (Å²) in [5, 5.41) is 2.84. The first-order chi connectivity index (χ1) is 12.7. The number of aromatic nitrogens is 1. The summed E-state index contributed by atoms with van der Waals surface area (Å²) < 4.78 is 6.74. The molecule has 6 heteroatoms. The van der Waals surface area contributed by atoms with Crippen molar-refractivity contribution >= 4 is 34.1 Å². The van der Waals surface area contributed by atoms with Crippen molar-refractivity contribution in [3.05, 3.63) is 58.4 Å². The lowest BCUT2D eigenvalue weighted by Crippen LogP contribution is -2.34. The zero-order chi connectivity index (χ0) is 18.1. The Balaban J connectivity index is 1.61. The lowest BCUT2D eigenvalue weighted by molar-refractivity contribution is -0.132. The summed E-state index contributed by atoms with van der Waals surface area (Å²) in [5.41, 5.74) is 1.36. The van der Waals surface area contributed by atoms with Crippen molar-refractivity contribution in [2.75, 3.05) is 7.11 Å². The Hall–Kier alpha value is -2.60. The van der Waals surface area contributed by atoms with Crippen LogP contribution in [0.25, 0.3) is 10.9 Å². The number of esters is 1. The van der Waals surface area contributed by atoms with Gasteiger partial charge in [-0.2, -0.15) is 0 Å². The van der Waals surface area contributed by atoms with Crippen LogP contribution < -0.4 is 0 Å². The monoisotopic (exact) mass is 368 g/mol. The van der Waals surface area contributed by atoms with Gasteiger partial charge in [0.1, 0.15) is 6.54 Å². The van der Waals surface area contributed by atoms with E-state index in [0.29, 0.717) is 18.2 Å². The molecule has 134 valence electrons. The minimum Gasteiger partial charge on any atom is -0.465 e. The summed E-state index contributed by atoms with van der Waals surface area (Å²) in [6.07, 6.45) is 3.86. The van der Waals surface area contributed by atoms with Gasteiger partial charge in [-0.1, -0.05) is 24.3 Å². The van der Waals surface area contributed by atoms with Crippen LogP contribution in [-0.4, -0.2) is 34.5 Å². The summed E-state index contributed by atoms with van der Waals surface area (Å²) in [6.45, 7) is 0.879. The normalized spacial score (nSPS) is 13.7. The number of nitrogens with zero attached hydrogens (tertiary/aromatic N) is 2. The third-order valence-corrected chi connectivity index (χ3v) is 5.57. The van der Waals surface area contributed by atoms with E-state index in [4.69, 9.17) is 4.74 Å². The maximum absolute atomic E-state index is 13.0. The van der Waals surface area contributed by atoms with E-state index in [2.05, 4.69) is 6.07 Å². The Morgan fingerprint density at radius 2 is 2.04 bits per heavy atom. The van der Waals surface area contributed by atoms with Gasteiger partial charge in [0.25, 0.3) is 0 Å². The third-order valence-electron chi connectivity index (χ3n) is 4.71. The van der Waals surface area contributed by atoms with Gasteiger partial charge in [-0.3, -0.25) is 4.79 Å². The SMILES string of the molecule is COC(=O)c1cn(CC(=O)N(Cc2cccs2)C2CC2)c2ccccc12. The van der Waals surface area contributed by atoms with Gasteiger partial charge in [0.15, 0.2) is 0 Å². The molecule has 0 N–H and O–H groups in total. The average molecular weight is 368 g/mol. The summed E-state index contributed by atoms with van der Waals surface area (Å²) in [5.74, 6) is -0.303. The number of thiophene rings is 1. The van der Waals surface area contributed by atoms with Gasteiger partial charge >= 0.3 is 5.97 Å². The number of benzene rings is 1. The fraction of sp³-hybridized carbons (Fsp3) is 0.300. The van der Waals surface area contributed by atoms with E-state index in [1.165, 1.54) is 12.0 Å². The number of amides is 1. The Morgan fingerprint density at radius 3 is 2.73 bits per heavy atom. The van der Waals surface area contributed by atoms with E-state index in [9.17, 15) is 9.59 Å². The van der Waals surface area contributed by atoms with Gasteiger partial charge < -0.3 is 14.2 Å². The number of methoxy groups -OCH3 is 1. The number of rotatable bonds is 6. The highest BCUT2D eigenvalue weighted by Gasteiger charge is 2.33. The average Bonchev–Trinajstić information content (AvgIpc) is 3.24. The molecule has 0 unspecified atom stereocenters. The molecule has 2 heterocycles. The molecule has 1 fully saturated rings. The van der Waals surface area contributed by atoms with Crippen molar-refractivity contribution in [3.8, 4) is 0 Å². The maximum Gasteiger partial charge on any atom is 0.340 e. The van der Waals surface area contributed by atoms with Crippen molar-refractivity contribution in [1.82, 2.24) is 9.47 Å². The van der Waals surface area contributed by atoms with E-state index in [0.717, 1.165) is 23.7 Å². The zero-order valence-corrected chi connectivity index (χ0v) is 15.4. The maximum atomic E-state index is 13.0. The van der Waals surface area contributed by atoms with Crippen LogP contribution in [0, 0.1) is 0 Å². The van der Waals surface area contributed by atoms with Crippen LogP contribution in [0.4, 0.5) is 0 Å². The molecule has 0 saturated heterocycles. The van der Waals surface area contributed by atoms with Crippen molar-refractivity contribution < 1.29 is 14.3 Å². The molecule has 0 aliphatic heterocycles. The second-order valence-electron chi connectivity index (χ2n) is 6.51. The van der Waals surface area contributed by atoms with Gasteiger partial charge in [-0.05, 0) is 30.4 Å². The van der Waals surface area contributed by atoms with Crippen LogP contribution in [0.15, 0.2) is 48.0 Å². The van der Waals surface area contributed by atoms with E-state index in [-0.39, 0.29) is 18.4 Å². The Labute approximate surface area is 155 Å². The molecule has 1 aromatic carbocycles. The topological polar surface area (TPSA) is 51.5 Å². The summed E-state index contributed by atoms with van der Waals surface area (Å²) in [4.78, 5) is 28.2. The number of hydrogen-bond acceptors (Lipinski definition) is 4. The van der Waals surface area contributed by atoms with Crippen LogP contribution >= 0.6 is 11.3 Å². The van der Waals surface area contributed by atoms with Gasteiger partial charge in [0, 0.05) is 28.0 Å². The fourth-order valence-electron chi connectivity index (χ4n) is 3.26. The molecule has 4 rings (SSSR count). The molecular formula is C20H20N2O3S. The van der Waals surface area contributed by atoms with E-state index < -0.39 is 0 Å². The van der Waals surface area contributed by atoms with E-state index in [1.54, 1.807) is 17.5 Å². The number of carbonyl (C=O) groups is 2. The molecule has 1 amide bonds. The van der Waals surface area contributed by atoms with Gasteiger partial charge in [-0.25, -0.2) is 4.79 Å². The molecule has 1 aliphatic carbocycles. The lowest BCUT2D eigenvalue weighted by atomic mass is 10.2. The van der Waals surface area contributed by atoms with Crippen LogP contribution in [0.1, 0.15) is 28.1 Å². The molecular weight excluding hydrogens is 348 g/mol. The molecule has 1 aliphatic rings. The van der Waals surface area contributed by atoms with Crippen molar-refractivity contribution in [2.24, 2.45) is 0 Å². The molecule has 0 radical (unpaired) electrons. The summed E-state index contributed by atoms with van der Waals surface area (Å²) in [6, 6.07) is 12.0. The first-order valence-electron chi connectivity index (χ1n) is 8.65. The molecule has 3 aromatic rings. The Kier molecular flexibility index (Phi) is 4.51. The van der Waals surface area contributed by atoms with Gasteiger partial charge in [-0.15, -0.1) is 11.3 Å². The summed E-state index contributed by atoms with van der Waals surface area (Å²) in [7, 11) is 1.37. The number of hydrogen-bond donors (Lipinski definition) is 0. The number of fused-ring (bicyclic) bond motifs is 1. The summed E-state index contributed by atoms with van der Waals surface area (Å²) >= 11 is 1.67. The predicted molar refractivity (Wildman–Crippen MR) is 101 cm³/mol. The van der Waals surface area contributed by atoms with Gasteiger partial charge in [0.05, 0.1) is 19.2 Å². The third kappa shape index (κ3) is 3.24. The quantitative estimate of drug-likeness (QED) is 0.624. The second-order valence-corrected chi connectivity index (χ2v) is 7.54. The van der Waals surface area contributed by atoms with E-state index in [1.807, 2.05) is 45.2 Å². The largest absolute Gasteiger partial charge is 0.465 e. The fourth-order valence-corrected chi connectivity index (χ4v) is 3.97. The predicted octanol–water partition coefficient (Wildman–Crippen LogP) is 3.68. The molecule has 26 heavy (non-hydrogen) atoms. The van der Waals surface area contributed by atoms with Crippen LogP contribution in [-0.2, 0) is 22.6 Å². The van der Waals surface area contributed by atoms with Gasteiger partial charge in [0.2, 0.25) is 5.91 Å². The van der Waals surface area contributed by atoms with Crippen LogP contribution in [0.5, 0.6) is 0 Å². The minimum absolute atomic E-state index is 0.0815. The second kappa shape index (κ2) is 6.96. The molecule has 5 nitrogen and oxygen atoms in total. The Morgan fingerprint density at radius 1 is 1.23 bits per heavy atom. The minimum atomic E-state index is -0.384. The number of para-hydroxylation sites is 1. The van der Waals surface area contributed by atoms with Crippen molar-refractivity contribution in [2.45, 2.75) is 32.0 Å². The standard InChI is InChI=1S/C20H20N2O3S/c1-25-20(24)17-12-21(18-7-3-2-6-16(17)18)13-19(23)22(14-8-9-14)11-15-5-4-10-26-15/h2-7,10,12,14H,8-9,11,13H2,1H3. The highest BCUT2D eigenvalue weighted by Crippen LogP contribution is 2.30. The number of carbonyl (C=O) groups excluding carboxylic acids is 2. The first kappa shape index (κ1) is 16.8. The molecule has 2 aromatic heterocycles. The van der Waals surface area contributed by atoms with Crippen LogP contribution in [0.2, 0.25) is 0 Å². The highest BCUT2D eigenvalue weighted by atomic mass is 32.1. The lowest BCUT2D eigenvalue weighted by Gasteiger charge is -2.22. The molecule has 1 saturated carbocycles. The molecule has 0 atom stereocenters. The highest BCUT2D eigenvalue weighted by molar-refractivity contribution is 7.09. The first-order valence-corrected chi connectivity index (χ1v) is 9.53. The Bertz CT molecular complexity index is 941. The number of ether oxygens (including phenoxy) is 1. The van der Waals surface area contributed by atoms with E-state index >= 15 is 0 Å². The smallest absolute Gasteiger partial charge is 0.340 e. The van der Waals surface area contributed by atoms with Crippen molar-refractivity contribution in [3.63, 3.8) is 0 Å².